The van der Waals surface area contributed by atoms with Gasteiger partial charge >= 0.3 is 0 Å². The maximum atomic E-state index is 12.7. The van der Waals surface area contributed by atoms with Crippen molar-refractivity contribution < 1.29 is 9.53 Å². The molecule has 2 aromatic carbocycles. The third-order valence-electron chi connectivity index (χ3n) is 6.49. The van der Waals surface area contributed by atoms with Gasteiger partial charge in [0, 0.05) is 18.5 Å². The largest absolute Gasteiger partial charge is 0.493 e. The number of ether oxygens (including phenoxy) is 1. The van der Waals surface area contributed by atoms with Gasteiger partial charge in [-0.15, -0.1) is 0 Å². The van der Waals surface area contributed by atoms with Gasteiger partial charge in [-0.2, -0.15) is 0 Å². The molecule has 0 bridgehead atoms. The Kier molecular flexibility index (Phi) is 5.94. The molecule has 0 aromatic heterocycles. The van der Waals surface area contributed by atoms with Gasteiger partial charge in [-0.05, 0) is 72.8 Å². The summed E-state index contributed by atoms with van der Waals surface area (Å²) in [5.74, 6) is 2.29. The fraction of sp³-hybridized carbons (Fsp3) is 0.500. The van der Waals surface area contributed by atoms with Crippen molar-refractivity contribution in [2.75, 3.05) is 13.2 Å². The molecule has 1 unspecified atom stereocenters. The fourth-order valence-electron chi connectivity index (χ4n) is 4.93. The van der Waals surface area contributed by atoms with Gasteiger partial charge in [0.1, 0.15) is 5.75 Å². The number of benzene rings is 2. The van der Waals surface area contributed by atoms with Crippen LogP contribution in [0.5, 0.6) is 5.75 Å². The molecule has 0 saturated carbocycles. The summed E-state index contributed by atoms with van der Waals surface area (Å²) in [5, 5.41) is 3.18. The molecule has 0 spiro atoms. The van der Waals surface area contributed by atoms with Gasteiger partial charge in [-0.1, -0.05) is 44.2 Å². The summed E-state index contributed by atoms with van der Waals surface area (Å²) in [6.45, 7) is 8.01. The Hall–Kier alpha value is -2.29. The number of fused-ring (bicyclic) bond motifs is 3. The Morgan fingerprint density at radius 2 is 1.90 bits per heavy atom. The molecular formula is C26H33NO2. The summed E-state index contributed by atoms with van der Waals surface area (Å²) in [5.41, 5.74) is 6.86. The molecule has 1 N–H and O–H groups in total. The number of rotatable bonds is 7. The molecule has 2 atom stereocenters. The second kappa shape index (κ2) is 8.61. The first kappa shape index (κ1) is 20.0. The lowest BCUT2D eigenvalue weighted by Crippen LogP contribution is -2.29. The summed E-state index contributed by atoms with van der Waals surface area (Å²) in [4.78, 5) is 12.7. The highest BCUT2D eigenvalue weighted by atomic mass is 16.5. The van der Waals surface area contributed by atoms with Crippen LogP contribution in [-0.2, 0) is 24.1 Å². The smallest absolute Gasteiger partial charge is 0.227 e. The predicted octanol–water partition coefficient (Wildman–Crippen LogP) is 5.16. The first-order valence-corrected chi connectivity index (χ1v) is 11.2. The minimum atomic E-state index is -0.114. The molecule has 1 aliphatic carbocycles. The first-order chi connectivity index (χ1) is 14.0. The lowest BCUT2D eigenvalue weighted by atomic mass is 9.91. The third kappa shape index (κ3) is 4.34. The van der Waals surface area contributed by atoms with Crippen LogP contribution in [0.25, 0.3) is 0 Å². The zero-order valence-corrected chi connectivity index (χ0v) is 18.0. The third-order valence-corrected chi connectivity index (χ3v) is 6.49. The van der Waals surface area contributed by atoms with Crippen molar-refractivity contribution in [2.45, 2.75) is 64.7 Å². The summed E-state index contributed by atoms with van der Waals surface area (Å²) in [6, 6.07) is 12.9. The van der Waals surface area contributed by atoms with Crippen LogP contribution in [-0.4, -0.2) is 19.1 Å². The topological polar surface area (TPSA) is 38.3 Å². The molecule has 29 heavy (non-hydrogen) atoms. The lowest BCUT2D eigenvalue weighted by Gasteiger charge is -2.17. The van der Waals surface area contributed by atoms with Crippen molar-refractivity contribution in [3.63, 3.8) is 0 Å². The summed E-state index contributed by atoms with van der Waals surface area (Å²) < 4.78 is 5.75. The SMILES string of the molecule is CC(C)Cc1ccc(C(C)C(=O)NCC[C@@H]2CCc3ccc4c(c32)CCO4)cc1. The zero-order chi connectivity index (χ0) is 20.4. The lowest BCUT2D eigenvalue weighted by molar-refractivity contribution is -0.122. The van der Waals surface area contributed by atoms with Crippen LogP contribution in [0.4, 0.5) is 0 Å². The maximum absolute atomic E-state index is 12.7. The predicted molar refractivity (Wildman–Crippen MR) is 118 cm³/mol. The molecule has 4 rings (SSSR count). The number of carbonyl (C=O) groups excluding carboxylic acids is 1. The van der Waals surface area contributed by atoms with E-state index in [-0.39, 0.29) is 11.8 Å². The standard InChI is InChI=1S/C26H33NO2/c1-17(2)16-19-4-6-20(7-5-19)18(3)26(28)27-14-12-22-9-8-21-10-11-24-23(25(21)22)13-15-29-24/h4-7,10-11,17-18,22H,8-9,12-16H2,1-3H3,(H,27,28)/t18?,22-/m0/s1. The first-order valence-electron chi connectivity index (χ1n) is 11.2. The minimum Gasteiger partial charge on any atom is -0.493 e. The molecule has 0 saturated heterocycles. The molecule has 3 heteroatoms. The Bertz CT molecular complexity index is 869. The van der Waals surface area contributed by atoms with Crippen molar-refractivity contribution in [1.29, 1.82) is 0 Å². The quantitative estimate of drug-likeness (QED) is 0.708. The highest BCUT2D eigenvalue weighted by molar-refractivity contribution is 5.83. The second-order valence-corrected chi connectivity index (χ2v) is 9.09. The number of carbonyl (C=O) groups is 1. The van der Waals surface area contributed by atoms with Crippen LogP contribution >= 0.6 is 0 Å². The van der Waals surface area contributed by atoms with Crippen molar-refractivity contribution in [3.05, 3.63) is 64.2 Å². The Morgan fingerprint density at radius 1 is 1.10 bits per heavy atom. The normalized spacial score (nSPS) is 18.3. The molecule has 1 amide bonds. The van der Waals surface area contributed by atoms with E-state index in [1.165, 1.54) is 28.7 Å². The summed E-state index contributed by atoms with van der Waals surface area (Å²) in [6.07, 6.45) is 5.47. The highest BCUT2D eigenvalue weighted by Crippen LogP contribution is 2.43. The van der Waals surface area contributed by atoms with E-state index in [0.29, 0.717) is 11.8 Å². The van der Waals surface area contributed by atoms with Crippen LogP contribution in [0.15, 0.2) is 36.4 Å². The molecule has 1 aliphatic heterocycles. The number of aryl methyl sites for hydroxylation is 1. The summed E-state index contributed by atoms with van der Waals surface area (Å²) >= 11 is 0. The van der Waals surface area contributed by atoms with Gasteiger partial charge < -0.3 is 10.1 Å². The fourth-order valence-corrected chi connectivity index (χ4v) is 4.93. The number of hydrogen-bond donors (Lipinski definition) is 1. The van der Waals surface area contributed by atoms with Gasteiger partial charge in [-0.3, -0.25) is 4.79 Å². The van der Waals surface area contributed by atoms with Gasteiger partial charge in [0.15, 0.2) is 0 Å². The van der Waals surface area contributed by atoms with E-state index in [1.54, 1.807) is 0 Å². The van der Waals surface area contributed by atoms with E-state index < -0.39 is 0 Å². The molecule has 154 valence electrons. The van der Waals surface area contributed by atoms with Crippen LogP contribution < -0.4 is 10.1 Å². The van der Waals surface area contributed by atoms with E-state index in [4.69, 9.17) is 4.74 Å². The molecule has 0 fully saturated rings. The Balaban J connectivity index is 1.32. The van der Waals surface area contributed by atoms with Crippen molar-refractivity contribution in [3.8, 4) is 5.75 Å². The van der Waals surface area contributed by atoms with Gasteiger partial charge in [0.2, 0.25) is 5.91 Å². The molecule has 2 aliphatic rings. The number of amides is 1. The van der Waals surface area contributed by atoms with E-state index in [1.807, 2.05) is 6.92 Å². The minimum absolute atomic E-state index is 0.114. The van der Waals surface area contributed by atoms with Crippen molar-refractivity contribution in [1.82, 2.24) is 5.32 Å². The monoisotopic (exact) mass is 391 g/mol. The number of nitrogens with one attached hydrogen (secondary N) is 1. The van der Waals surface area contributed by atoms with Crippen molar-refractivity contribution in [2.24, 2.45) is 5.92 Å². The van der Waals surface area contributed by atoms with Gasteiger partial charge in [-0.25, -0.2) is 0 Å². The van der Waals surface area contributed by atoms with Crippen LogP contribution in [0.1, 0.15) is 73.3 Å². The van der Waals surface area contributed by atoms with Crippen LogP contribution in [0, 0.1) is 5.92 Å². The van der Waals surface area contributed by atoms with Crippen molar-refractivity contribution >= 4 is 5.91 Å². The van der Waals surface area contributed by atoms with Crippen LogP contribution in [0.2, 0.25) is 0 Å². The molecule has 3 nitrogen and oxygen atoms in total. The van der Waals surface area contributed by atoms with Crippen LogP contribution in [0.3, 0.4) is 0 Å². The van der Waals surface area contributed by atoms with Gasteiger partial charge in [0.05, 0.1) is 12.5 Å². The average molecular weight is 392 g/mol. The summed E-state index contributed by atoms with van der Waals surface area (Å²) in [7, 11) is 0. The maximum Gasteiger partial charge on any atom is 0.227 e. The number of hydrogen-bond acceptors (Lipinski definition) is 2. The molecular weight excluding hydrogens is 358 g/mol. The molecule has 2 aromatic rings. The molecule has 1 heterocycles. The van der Waals surface area contributed by atoms with E-state index in [9.17, 15) is 4.79 Å². The average Bonchev–Trinajstić information content (AvgIpc) is 3.34. The Morgan fingerprint density at radius 3 is 2.66 bits per heavy atom. The van der Waals surface area contributed by atoms with Gasteiger partial charge in [0.25, 0.3) is 0 Å². The molecule has 0 radical (unpaired) electrons. The zero-order valence-electron chi connectivity index (χ0n) is 18.0. The van der Waals surface area contributed by atoms with E-state index in [0.717, 1.165) is 50.1 Å². The second-order valence-electron chi connectivity index (χ2n) is 9.09. The van der Waals surface area contributed by atoms with E-state index in [2.05, 4.69) is 55.6 Å². The van der Waals surface area contributed by atoms with E-state index >= 15 is 0 Å². The Labute approximate surface area is 174 Å². The highest BCUT2D eigenvalue weighted by Gasteiger charge is 2.29.